The number of carbonyl (C=O) groups excluding carboxylic acids is 1. The van der Waals surface area contributed by atoms with Gasteiger partial charge in [-0.25, -0.2) is 0 Å². The zero-order valence-electron chi connectivity index (χ0n) is 18.4. The van der Waals surface area contributed by atoms with Crippen molar-refractivity contribution < 1.29 is 28.5 Å². The molecule has 32 heavy (non-hydrogen) atoms. The van der Waals surface area contributed by atoms with Crippen LogP contribution < -0.4 is 23.7 Å². The Kier molecular flexibility index (Phi) is 6.03. The summed E-state index contributed by atoms with van der Waals surface area (Å²) in [7, 11) is 4.78. The molecule has 0 bridgehead atoms. The van der Waals surface area contributed by atoms with Crippen LogP contribution in [0, 0.1) is 6.92 Å². The number of fused-ring (bicyclic) bond motifs is 1. The van der Waals surface area contributed by atoms with Crippen LogP contribution in [0.5, 0.6) is 28.7 Å². The fourth-order valence-electron chi connectivity index (χ4n) is 3.50. The Labute approximate surface area is 186 Å². The van der Waals surface area contributed by atoms with E-state index in [4.69, 9.17) is 23.7 Å². The Morgan fingerprint density at radius 2 is 1.56 bits per heavy atom. The first-order valence-corrected chi connectivity index (χ1v) is 10.1. The van der Waals surface area contributed by atoms with E-state index in [0.717, 1.165) is 22.4 Å². The second-order valence-corrected chi connectivity index (χ2v) is 7.26. The normalized spacial score (nSPS) is 13.5. The maximum atomic E-state index is 12.9. The molecule has 0 spiro atoms. The Balaban J connectivity index is 1.54. The minimum atomic E-state index is -0.167. The van der Waals surface area contributed by atoms with Gasteiger partial charge in [-0.05, 0) is 60.5 Å². The number of hydrogen-bond acceptors (Lipinski definition) is 6. The van der Waals surface area contributed by atoms with Gasteiger partial charge in [0, 0.05) is 5.56 Å². The number of allylic oxidation sites excluding steroid dienone is 1. The summed E-state index contributed by atoms with van der Waals surface area (Å²) < 4.78 is 27.7. The lowest BCUT2D eigenvalue weighted by Gasteiger charge is -2.12. The molecule has 1 aliphatic rings. The highest BCUT2D eigenvalue weighted by Gasteiger charge is 2.30. The first kappa shape index (κ1) is 21.3. The van der Waals surface area contributed by atoms with Crippen molar-refractivity contribution in [3.63, 3.8) is 0 Å². The van der Waals surface area contributed by atoms with E-state index in [2.05, 4.69) is 0 Å². The van der Waals surface area contributed by atoms with Crippen molar-refractivity contribution >= 4 is 11.9 Å². The van der Waals surface area contributed by atoms with Gasteiger partial charge in [0.15, 0.2) is 17.3 Å². The number of hydrogen-bond donors (Lipinski definition) is 0. The molecule has 164 valence electrons. The number of methoxy groups -OCH3 is 3. The Morgan fingerprint density at radius 1 is 0.844 bits per heavy atom. The van der Waals surface area contributed by atoms with E-state index >= 15 is 0 Å². The maximum absolute atomic E-state index is 12.9. The van der Waals surface area contributed by atoms with E-state index in [0.29, 0.717) is 35.2 Å². The zero-order valence-corrected chi connectivity index (χ0v) is 18.4. The highest BCUT2D eigenvalue weighted by atomic mass is 16.5. The number of ketones is 1. The number of carbonyl (C=O) groups is 1. The summed E-state index contributed by atoms with van der Waals surface area (Å²) in [5, 5.41) is 0. The number of rotatable bonds is 7. The Hall–Kier alpha value is -3.93. The van der Waals surface area contributed by atoms with Crippen LogP contribution >= 0.6 is 0 Å². The third-order valence-electron chi connectivity index (χ3n) is 5.30. The smallest absolute Gasteiger partial charge is 0.231 e. The topological polar surface area (TPSA) is 63.2 Å². The van der Waals surface area contributed by atoms with Crippen LogP contribution in [0.4, 0.5) is 0 Å². The molecule has 0 saturated heterocycles. The predicted octanol–water partition coefficient (Wildman–Crippen LogP) is 5.22. The van der Waals surface area contributed by atoms with Crippen molar-refractivity contribution in [1.29, 1.82) is 0 Å². The summed E-state index contributed by atoms with van der Waals surface area (Å²) in [6.07, 6.45) is 1.70. The van der Waals surface area contributed by atoms with E-state index in [1.165, 1.54) is 0 Å². The monoisotopic (exact) mass is 432 g/mol. The molecule has 0 aromatic heterocycles. The van der Waals surface area contributed by atoms with E-state index in [-0.39, 0.29) is 11.5 Å². The summed E-state index contributed by atoms with van der Waals surface area (Å²) in [4.78, 5) is 12.9. The third kappa shape index (κ3) is 4.12. The van der Waals surface area contributed by atoms with Gasteiger partial charge in [-0.15, -0.1) is 0 Å². The molecule has 4 rings (SSSR count). The van der Waals surface area contributed by atoms with Crippen LogP contribution in [-0.4, -0.2) is 27.1 Å². The second-order valence-electron chi connectivity index (χ2n) is 7.26. The van der Waals surface area contributed by atoms with Crippen molar-refractivity contribution in [1.82, 2.24) is 0 Å². The fourth-order valence-corrected chi connectivity index (χ4v) is 3.50. The van der Waals surface area contributed by atoms with E-state index in [1.54, 1.807) is 51.7 Å². The van der Waals surface area contributed by atoms with E-state index in [1.807, 2.05) is 37.3 Å². The molecular formula is C26H24O6. The van der Waals surface area contributed by atoms with Gasteiger partial charge < -0.3 is 23.7 Å². The largest absolute Gasteiger partial charge is 0.497 e. The molecule has 0 fully saturated rings. The van der Waals surface area contributed by atoms with E-state index < -0.39 is 0 Å². The quantitative estimate of drug-likeness (QED) is 0.477. The Bertz CT molecular complexity index is 1180. The summed E-state index contributed by atoms with van der Waals surface area (Å²) in [5.74, 6) is 3.26. The van der Waals surface area contributed by atoms with Crippen LogP contribution in [0.1, 0.15) is 27.0 Å². The van der Waals surface area contributed by atoms with Gasteiger partial charge in [0.05, 0.1) is 26.9 Å². The highest BCUT2D eigenvalue weighted by molar-refractivity contribution is 6.15. The molecule has 3 aromatic rings. The number of Topliss-reactive ketones (excluding diaryl/α,β-unsaturated/α-hetero) is 1. The Morgan fingerprint density at radius 3 is 2.25 bits per heavy atom. The zero-order chi connectivity index (χ0) is 22.7. The van der Waals surface area contributed by atoms with Crippen LogP contribution in [0.3, 0.4) is 0 Å². The molecule has 6 nitrogen and oxygen atoms in total. The molecular weight excluding hydrogens is 408 g/mol. The van der Waals surface area contributed by atoms with Gasteiger partial charge in [-0.2, -0.15) is 0 Å². The van der Waals surface area contributed by atoms with Crippen LogP contribution in [0.15, 0.2) is 60.4 Å². The average Bonchev–Trinajstić information content (AvgIpc) is 3.14. The molecule has 0 atom stereocenters. The molecule has 0 aliphatic carbocycles. The standard InChI is InChI=1S/C26H24O6/c1-16-21(31-15-17-5-8-19(28-2)9-6-17)12-10-20-25(27)24(32-26(16)20)14-18-7-11-22(29-3)23(13-18)30-4/h5-14H,15H2,1-4H3/b24-14-. The molecule has 0 amide bonds. The second kappa shape index (κ2) is 9.06. The molecule has 6 heteroatoms. The lowest BCUT2D eigenvalue weighted by molar-refractivity contribution is 0.101. The molecule has 1 aliphatic heterocycles. The minimum Gasteiger partial charge on any atom is -0.497 e. The minimum absolute atomic E-state index is 0.167. The number of benzene rings is 3. The average molecular weight is 432 g/mol. The molecule has 0 N–H and O–H groups in total. The lowest BCUT2D eigenvalue weighted by Crippen LogP contribution is -1.98. The molecule has 3 aromatic carbocycles. The van der Waals surface area contributed by atoms with Gasteiger partial charge >= 0.3 is 0 Å². The van der Waals surface area contributed by atoms with Gasteiger partial charge in [-0.1, -0.05) is 18.2 Å². The van der Waals surface area contributed by atoms with Gasteiger partial charge in [0.1, 0.15) is 23.9 Å². The van der Waals surface area contributed by atoms with Gasteiger partial charge in [0.2, 0.25) is 5.78 Å². The summed E-state index contributed by atoms with van der Waals surface area (Å²) in [5.41, 5.74) is 3.08. The van der Waals surface area contributed by atoms with Crippen molar-refractivity contribution in [3.8, 4) is 28.7 Å². The first-order valence-electron chi connectivity index (χ1n) is 10.1. The molecule has 1 heterocycles. The van der Waals surface area contributed by atoms with Crippen LogP contribution in [0.2, 0.25) is 0 Å². The third-order valence-corrected chi connectivity index (χ3v) is 5.30. The van der Waals surface area contributed by atoms with Gasteiger partial charge in [-0.3, -0.25) is 4.79 Å². The lowest BCUT2D eigenvalue weighted by atomic mass is 10.1. The van der Waals surface area contributed by atoms with Crippen molar-refractivity contribution in [2.45, 2.75) is 13.5 Å². The summed E-state index contributed by atoms with van der Waals surface area (Å²) >= 11 is 0. The SMILES string of the molecule is COc1ccc(COc2ccc3c(c2C)O/C(=C\c2ccc(OC)c(OC)c2)C3=O)cc1. The molecule has 0 unspecified atom stereocenters. The van der Waals surface area contributed by atoms with Crippen molar-refractivity contribution in [2.75, 3.05) is 21.3 Å². The molecule has 0 radical (unpaired) electrons. The number of ether oxygens (including phenoxy) is 5. The summed E-state index contributed by atoms with van der Waals surface area (Å²) in [6.45, 7) is 2.28. The predicted molar refractivity (Wildman–Crippen MR) is 121 cm³/mol. The first-order chi connectivity index (χ1) is 15.5. The maximum Gasteiger partial charge on any atom is 0.231 e. The van der Waals surface area contributed by atoms with Crippen molar-refractivity contribution in [3.05, 3.63) is 82.6 Å². The van der Waals surface area contributed by atoms with Crippen LogP contribution in [-0.2, 0) is 6.61 Å². The van der Waals surface area contributed by atoms with E-state index in [9.17, 15) is 4.79 Å². The summed E-state index contributed by atoms with van der Waals surface area (Å²) in [6, 6.07) is 16.6. The molecule has 0 saturated carbocycles. The van der Waals surface area contributed by atoms with Crippen LogP contribution in [0.25, 0.3) is 6.08 Å². The highest BCUT2D eigenvalue weighted by Crippen LogP contribution is 2.40. The van der Waals surface area contributed by atoms with Crippen molar-refractivity contribution in [2.24, 2.45) is 0 Å². The van der Waals surface area contributed by atoms with Gasteiger partial charge in [0.25, 0.3) is 0 Å². The fraction of sp³-hybridized carbons (Fsp3) is 0.192.